The van der Waals surface area contributed by atoms with Crippen LogP contribution in [0.3, 0.4) is 0 Å². The van der Waals surface area contributed by atoms with Crippen molar-refractivity contribution in [3.8, 4) is 0 Å². The SMILES string of the molecule is O=C(NCC1CCN([C@H]2CCOC2)CC1)C(=O)Nc1ccccc1F. The number of nitrogens with zero attached hydrogens (tertiary/aromatic N) is 1. The normalized spacial score (nSPS) is 21.9. The number of hydrogen-bond acceptors (Lipinski definition) is 4. The molecular formula is C18H24FN3O3. The second-order valence-electron chi connectivity index (χ2n) is 6.64. The minimum absolute atomic E-state index is 0.00902. The number of piperidine rings is 1. The molecule has 0 aliphatic carbocycles. The van der Waals surface area contributed by atoms with Gasteiger partial charge in [-0.2, -0.15) is 0 Å². The lowest BCUT2D eigenvalue weighted by atomic mass is 9.95. The third-order valence-corrected chi connectivity index (χ3v) is 4.95. The molecular weight excluding hydrogens is 325 g/mol. The Labute approximate surface area is 146 Å². The lowest BCUT2D eigenvalue weighted by molar-refractivity contribution is -0.136. The summed E-state index contributed by atoms with van der Waals surface area (Å²) in [6.07, 6.45) is 3.08. The Bertz CT molecular complexity index is 611. The molecule has 2 aliphatic rings. The Morgan fingerprint density at radius 3 is 2.60 bits per heavy atom. The fraction of sp³-hybridized carbons (Fsp3) is 0.556. The molecule has 1 aromatic carbocycles. The van der Waals surface area contributed by atoms with Crippen molar-refractivity contribution in [2.24, 2.45) is 5.92 Å². The van der Waals surface area contributed by atoms with E-state index in [1.54, 1.807) is 6.07 Å². The lowest BCUT2D eigenvalue weighted by Crippen LogP contribution is -2.45. The first kappa shape index (κ1) is 17.8. The Kier molecular flexibility index (Phi) is 5.99. The van der Waals surface area contributed by atoms with Gasteiger partial charge in [-0.1, -0.05) is 12.1 Å². The zero-order valence-corrected chi connectivity index (χ0v) is 14.2. The molecule has 25 heavy (non-hydrogen) atoms. The van der Waals surface area contributed by atoms with Crippen molar-refractivity contribution in [3.05, 3.63) is 30.1 Å². The molecule has 0 spiro atoms. The van der Waals surface area contributed by atoms with E-state index < -0.39 is 17.6 Å². The summed E-state index contributed by atoms with van der Waals surface area (Å²) in [5.41, 5.74) is 0.00902. The number of carbonyl (C=O) groups excluding carboxylic acids is 2. The first-order valence-corrected chi connectivity index (χ1v) is 8.79. The van der Waals surface area contributed by atoms with Crippen LogP contribution in [0.15, 0.2) is 24.3 Å². The van der Waals surface area contributed by atoms with Crippen LogP contribution in [-0.2, 0) is 14.3 Å². The number of carbonyl (C=O) groups is 2. The zero-order chi connectivity index (χ0) is 17.6. The van der Waals surface area contributed by atoms with E-state index in [0.29, 0.717) is 18.5 Å². The van der Waals surface area contributed by atoms with Gasteiger partial charge in [0.1, 0.15) is 5.82 Å². The number of benzene rings is 1. The summed E-state index contributed by atoms with van der Waals surface area (Å²) in [5, 5.41) is 4.95. The van der Waals surface area contributed by atoms with Crippen LogP contribution in [-0.4, -0.2) is 55.6 Å². The van der Waals surface area contributed by atoms with E-state index in [1.165, 1.54) is 18.2 Å². The Balaban J connectivity index is 1.39. The van der Waals surface area contributed by atoms with Crippen molar-refractivity contribution in [1.29, 1.82) is 0 Å². The number of rotatable bonds is 4. The number of anilines is 1. The van der Waals surface area contributed by atoms with Gasteiger partial charge in [0.05, 0.1) is 12.3 Å². The minimum atomic E-state index is -0.842. The van der Waals surface area contributed by atoms with Gasteiger partial charge in [0, 0.05) is 19.2 Å². The molecule has 1 aromatic rings. The molecule has 2 N–H and O–H groups in total. The van der Waals surface area contributed by atoms with Crippen LogP contribution in [0.1, 0.15) is 19.3 Å². The summed E-state index contributed by atoms with van der Waals surface area (Å²) in [6, 6.07) is 6.30. The number of para-hydroxylation sites is 1. The number of amides is 2. The standard InChI is InChI=1S/C18H24FN3O3/c19-15-3-1-2-4-16(15)21-18(24)17(23)20-11-13-5-8-22(9-6-13)14-7-10-25-12-14/h1-4,13-14H,5-12H2,(H,20,23)(H,21,24)/t14-/m0/s1. The highest BCUT2D eigenvalue weighted by Gasteiger charge is 2.28. The number of ether oxygens (including phenoxy) is 1. The van der Waals surface area contributed by atoms with E-state index in [0.717, 1.165) is 45.6 Å². The van der Waals surface area contributed by atoms with Gasteiger partial charge in [0.2, 0.25) is 0 Å². The summed E-state index contributed by atoms with van der Waals surface area (Å²) in [7, 11) is 0. The highest BCUT2D eigenvalue weighted by Crippen LogP contribution is 2.22. The quantitative estimate of drug-likeness (QED) is 0.806. The van der Waals surface area contributed by atoms with E-state index >= 15 is 0 Å². The molecule has 2 fully saturated rings. The molecule has 0 unspecified atom stereocenters. The van der Waals surface area contributed by atoms with Gasteiger partial charge in [0.25, 0.3) is 0 Å². The molecule has 1 atom stereocenters. The summed E-state index contributed by atoms with van der Waals surface area (Å²) >= 11 is 0. The van der Waals surface area contributed by atoms with Gasteiger partial charge in [-0.3, -0.25) is 14.5 Å². The van der Waals surface area contributed by atoms with Crippen LogP contribution in [0, 0.1) is 11.7 Å². The Morgan fingerprint density at radius 1 is 1.16 bits per heavy atom. The second kappa shape index (κ2) is 8.40. The van der Waals surface area contributed by atoms with Crippen LogP contribution >= 0.6 is 0 Å². The molecule has 3 rings (SSSR count). The molecule has 0 saturated carbocycles. The first-order chi connectivity index (χ1) is 12.1. The van der Waals surface area contributed by atoms with Crippen LogP contribution in [0.4, 0.5) is 10.1 Å². The van der Waals surface area contributed by atoms with Crippen LogP contribution in [0.5, 0.6) is 0 Å². The van der Waals surface area contributed by atoms with Crippen molar-refractivity contribution >= 4 is 17.5 Å². The average Bonchev–Trinajstić information content (AvgIpc) is 3.16. The van der Waals surface area contributed by atoms with E-state index in [-0.39, 0.29) is 5.69 Å². The van der Waals surface area contributed by atoms with Gasteiger partial charge in [-0.05, 0) is 50.4 Å². The maximum Gasteiger partial charge on any atom is 0.313 e. The van der Waals surface area contributed by atoms with Gasteiger partial charge in [-0.25, -0.2) is 4.39 Å². The second-order valence-corrected chi connectivity index (χ2v) is 6.64. The van der Waals surface area contributed by atoms with E-state index in [1.807, 2.05) is 0 Å². The van der Waals surface area contributed by atoms with Crippen molar-refractivity contribution < 1.29 is 18.7 Å². The van der Waals surface area contributed by atoms with Crippen LogP contribution in [0.2, 0.25) is 0 Å². The molecule has 0 radical (unpaired) electrons. The molecule has 2 saturated heterocycles. The fourth-order valence-corrected chi connectivity index (χ4v) is 3.39. The van der Waals surface area contributed by atoms with Gasteiger partial charge in [0.15, 0.2) is 0 Å². The molecule has 7 heteroatoms. The summed E-state index contributed by atoms with van der Waals surface area (Å²) < 4.78 is 18.9. The van der Waals surface area contributed by atoms with Crippen molar-refractivity contribution in [3.63, 3.8) is 0 Å². The van der Waals surface area contributed by atoms with Crippen molar-refractivity contribution in [2.75, 3.05) is 38.2 Å². The Hall–Kier alpha value is -1.99. The van der Waals surface area contributed by atoms with Gasteiger partial charge < -0.3 is 15.4 Å². The topological polar surface area (TPSA) is 70.7 Å². The van der Waals surface area contributed by atoms with Crippen LogP contribution < -0.4 is 10.6 Å². The number of hydrogen-bond donors (Lipinski definition) is 2. The molecule has 6 nitrogen and oxygen atoms in total. The van der Waals surface area contributed by atoms with Crippen molar-refractivity contribution in [2.45, 2.75) is 25.3 Å². The number of halogens is 1. The third kappa shape index (κ3) is 4.76. The molecule has 0 aromatic heterocycles. The van der Waals surface area contributed by atoms with Crippen LogP contribution in [0.25, 0.3) is 0 Å². The highest BCUT2D eigenvalue weighted by atomic mass is 19.1. The van der Waals surface area contributed by atoms with Gasteiger partial charge in [-0.15, -0.1) is 0 Å². The molecule has 2 amide bonds. The average molecular weight is 349 g/mol. The monoisotopic (exact) mass is 349 g/mol. The third-order valence-electron chi connectivity index (χ3n) is 4.95. The number of nitrogens with one attached hydrogen (secondary N) is 2. The number of likely N-dealkylation sites (tertiary alicyclic amines) is 1. The van der Waals surface area contributed by atoms with E-state index in [4.69, 9.17) is 4.74 Å². The molecule has 2 aliphatic heterocycles. The molecule has 136 valence electrons. The first-order valence-electron chi connectivity index (χ1n) is 8.79. The summed E-state index contributed by atoms with van der Waals surface area (Å²) in [6.45, 7) is 4.12. The predicted molar refractivity (Wildman–Crippen MR) is 91.6 cm³/mol. The minimum Gasteiger partial charge on any atom is -0.380 e. The van der Waals surface area contributed by atoms with E-state index in [2.05, 4.69) is 15.5 Å². The zero-order valence-electron chi connectivity index (χ0n) is 14.2. The molecule has 0 bridgehead atoms. The Morgan fingerprint density at radius 2 is 1.92 bits per heavy atom. The largest absolute Gasteiger partial charge is 0.380 e. The van der Waals surface area contributed by atoms with Crippen molar-refractivity contribution in [1.82, 2.24) is 10.2 Å². The molecule has 2 heterocycles. The summed E-state index contributed by atoms with van der Waals surface area (Å²) in [4.78, 5) is 26.2. The lowest BCUT2D eigenvalue weighted by Gasteiger charge is -2.35. The van der Waals surface area contributed by atoms with Gasteiger partial charge >= 0.3 is 11.8 Å². The van der Waals surface area contributed by atoms with E-state index in [9.17, 15) is 14.0 Å². The fourth-order valence-electron chi connectivity index (χ4n) is 3.39. The predicted octanol–water partition coefficient (Wildman–Crippen LogP) is 1.38. The summed E-state index contributed by atoms with van der Waals surface area (Å²) in [5.74, 6) is -1.77. The maximum absolute atomic E-state index is 13.5. The maximum atomic E-state index is 13.5. The highest BCUT2D eigenvalue weighted by molar-refractivity contribution is 6.39. The smallest absolute Gasteiger partial charge is 0.313 e.